The fourth-order valence-electron chi connectivity index (χ4n) is 2.24. The van der Waals surface area contributed by atoms with E-state index in [0.29, 0.717) is 16.1 Å². The highest BCUT2D eigenvalue weighted by molar-refractivity contribution is 7.12. The fraction of sp³-hybridized carbons (Fsp3) is 0.105. The SMILES string of the molecule is Cc1cc(F)ccc1NC(=O)c1cc(COc2ccccc2F)cs1. The molecule has 0 fully saturated rings. The molecule has 0 spiro atoms. The molecule has 1 amide bonds. The number of carbonyl (C=O) groups excluding carboxylic acids is 1. The van der Waals surface area contributed by atoms with Crippen LogP contribution in [0.15, 0.2) is 53.9 Å². The van der Waals surface area contributed by atoms with Crippen molar-refractivity contribution in [2.24, 2.45) is 0 Å². The molecule has 25 heavy (non-hydrogen) atoms. The van der Waals surface area contributed by atoms with Crippen LogP contribution in [0.25, 0.3) is 0 Å². The third-order valence-corrected chi connectivity index (χ3v) is 4.52. The first-order valence-corrected chi connectivity index (χ1v) is 8.43. The van der Waals surface area contributed by atoms with Crippen LogP contribution in [0.4, 0.5) is 14.5 Å². The zero-order valence-electron chi connectivity index (χ0n) is 13.4. The Morgan fingerprint density at radius 2 is 1.96 bits per heavy atom. The van der Waals surface area contributed by atoms with Crippen molar-refractivity contribution in [2.45, 2.75) is 13.5 Å². The molecule has 3 aromatic rings. The van der Waals surface area contributed by atoms with Crippen molar-refractivity contribution in [1.29, 1.82) is 0 Å². The smallest absolute Gasteiger partial charge is 0.265 e. The monoisotopic (exact) mass is 359 g/mol. The predicted molar refractivity (Wildman–Crippen MR) is 94.1 cm³/mol. The molecule has 6 heteroatoms. The fourth-order valence-corrected chi connectivity index (χ4v) is 3.04. The lowest BCUT2D eigenvalue weighted by Crippen LogP contribution is -2.11. The first kappa shape index (κ1) is 17.1. The molecule has 1 aromatic heterocycles. The molecule has 0 saturated heterocycles. The summed E-state index contributed by atoms with van der Waals surface area (Å²) in [7, 11) is 0. The maximum absolute atomic E-state index is 13.5. The Morgan fingerprint density at radius 3 is 2.72 bits per heavy atom. The number of benzene rings is 2. The lowest BCUT2D eigenvalue weighted by atomic mass is 10.2. The van der Waals surface area contributed by atoms with E-state index in [1.165, 1.54) is 35.6 Å². The summed E-state index contributed by atoms with van der Waals surface area (Å²) >= 11 is 1.27. The number of amides is 1. The molecule has 0 unspecified atom stereocenters. The Hall–Kier alpha value is -2.73. The van der Waals surface area contributed by atoms with E-state index >= 15 is 0 Å². The van der Waals surface area contributed by atoms with E-state index in [1.807, 2.05) is 0 Å². The molecule has 0 radical (unpaired) electrons. The van der Waals surface area contributed by atoms with E-state index in [4.69, 9.17) is 4.74 Å². The minimum atomic E-state index is -0.428. The second kappa shape index (κ2) is 7.44. The molecule has 0 aliphatic carbocycles. The molecule has 2 aromatic carbocycles. The van der Waals surface area contributed by atoms with Crippen molar-refractivity contribution >= 4 is 22.9 Å². The van der Waals surface area contributed by atoms with E-state index in [0.717, 1.165) is 5.56 Å². The molecular weight excluding hydrogens is 344 g/mol. The molecule has 128 valence electrons. The van der Waals surface area contributed by atoms with Gasteiger partial charge in [-0.05, 0) is 54.3 Å². The van der Waals surface area contributed by atoms with Crippen LogP contribution in [0.5, 0.6) is 5.75 Å². The second-order valence-electron chi connectivity index (χ2n) is 5.45. The molecule has 0 bridgehead atoms. The topological polar surface area (TPSA) is 38.3 Å². The Morgan fingerprint density at radius 1 is 1.16 bits per heavy atom. The Balaban J connectivity index is 1.64. The van der Waals surface area contributed by atoms with E-state index in [2.05, 4.69) is 5.32 Å². The summed E-state index contributed by atoms with van der Waals surface area (Å²) in [6.45, 7) is 1.89. The number of halogens is 2. The minimum absolute atomic E-state index is 0.167. The van der Waals surface area contributed by atoms with E-state index in [-0.39, 0.29) is 24.1 Å². The van der Waals surface area contributed by atoms with Crippen molar-refractivity contribution in [1.82, 2.24) is 0 Å². The average Bonchev–Trinajstić information content (AvgIpc) is 3.06. The standard InChI is InChI=1S/C19H15F2NO2S/c1-12-8-14(20)6-7-16(12)22-19(23)18-9-13(11-25-18)10-24-17-5-3-2-4-15(17)21/h2-9,11H,10H2,1H3,(H,22,23). The third kappa shape index (κ3) is 4.22. The molecule has 3 rings (SSSR count). The van der Waals surface area contributed by atoms with Crippen molar-refractivity contribution in [2.75, 3.05) is 5.32 Å². The van der Waals surface area contributed by atoms with Gasteiger partial charge in [0.1, 0.15) is 12.4 Å². The van der Waals surface area contributed by atoms with Gasteiger partial charge >= 0.3 is 0 Å². The maximum Gasteiger partial charge on any atom is 0.265 e. The van der Waals surface area contributed by atoms with Gasteiger partial charge in [0, 0.05) is 11.3 Å². The van der Waals surface area contributed by atoms with E-state index in [9.17, 15) is 13.6 Å². The second-order valence-corrected chi connectivity index (χ2v) is 6.36. The van der Waals surface area contributed by atoms with Crippen LogP contribution < -0.4 is 10.1 Å². The zero-order chi connectivity index (χ0) is 17.8. The highest BCUT2D eigenvalue weighted by Gasteiger charge is 2.12. The van der Waals surface area contributed by atoms with Gasteiger partial charge in [0.05, 0.1) is 4.88 Å². The molecule has 0 aliphatic heterocycles. The number of rotatable bonds is 5. The summed E-state index contributed by atoms with van der Waals surface area (Å²) in [5, 5.41) is 4.54. The summed E-state index contributed by atoms with van der Waals surface area (Å²) in [6, 6.07) is 12.0. The number of hydrogen-bond acceptors (Lipinski definition) is 3. The summed E-state index contributed by atoms with van der Waals surface area (Å²) in [5.41, 5.74) is 1.98. The number of nitrogens with one attached hydrogen (secondary N) is 1. The normalized spacial score (nSPS) is 10.5. The highest BCUT2D eigenvalue weighted by atomic mass is 32.1. The summed E-state index contributed by atoms with van der Waals surface area (Å²) in [6.07, 6.45) is 0. The van der Waals surface area contributed by atoms with Crippen molar-refractivity contribution in [3.63, 3.8) is 0 Å². The zero-order valence-corrected chi connectivity index (χ0v) is 14.2. The van der Waals surface area contributed by atoms with Crippen LogP contribution in [0, 0.1) is 18.6 Å². The van der Waals surface area contributed by atoms with Gasteiger partial charge in [-0.1, -0.05) is 12.1 Å². The van der Waals surface area contributed by atoms with Crippen LogP contribution in [-0.4, -0.2) is 5.91 Å². The quantitative estimate of drug-likeness (QED) is 0.683. The van der Waals surface area contributed by atoms with Crippen LogP contribution in [-0.2, 0) is 6.61 Å². The van der Waals surface area contributed by atoms with Gasteiger partial charge in [0.2, 0.25) is 0 Å². The third-order valence-electron chi connectivity index (χ3n) is 3.55. The number of carbonyl (C=O) groups is 1. The van der Waals surface area contributed by atoms with Gasteiger partial charge in [0.15, 0.2) is 11.6 Å². The van der Waals surface area contributed by atoms with E-state index in [1.54, 1.807) is 36.6 Å². The Labute approximate surface area is 147 Å². The van der Waals surface area contributed by atoms with Crippen LogP contribution in [0.3, 0.4) is 0 Å². The lowest BCUT2D eigenvalue weighted by molar-refractivity contribution is 0.103. The number of aryl methyl sites for hydroxylation is 1. The van der Waals surface area contributed by atoms with Gasteiger partial charge in [-0.25, -0.2) is 8.78 Å². The van der Waals surface area contributed by atoms with Crippen molar-refractivity contribution < 1.29 is 18.3 Å². The number of anilines is 1. The number of ether oxygens (including phenoxy) is 1. The van der Waals surface area contributed by atoms with Gasteiger partial charge in [-0.15, -0.1) is 11.3 Å². The van der Waals surface area contributed by atoms with Crippen molar-refractivity contribution in [3.05, 3.63) is 81.5 Å². The molecule has 0 aliphatic rings. The Kier molecular flexibility index (Phi) is 5.09. The molecule has 3 nitrogen and oxygen atoms in total. The van der Waals surface area contributed by atoms with Crippen molar-refractivity contribution in [3.8, 4) is 5.75 Å². The number of para-hydroxylation sites is 1. The molecule has 0 saturated carbocycles. The first-order chi connectivity index (χ1) is 12.0. The number of thiophene rings is 1. The maximum atomic E-state index is 13.5. The van der Waals surface area contributed by atoms with Crippen LogP contribution >= 0.6 is 11.3 Å². The van der Waals surface area contributed by atoms with Gasteiger partial charge in [-0.3, -0.25) is 4.79 Å². The summed E-state index contributed by atoms with van der Waals surface area (Å²) < 4.78 is 32.1. The largest absolute Gasteiger partial charge is 0.486 e. The lowest BCUT2D eigenvalue weighted by Gasteiger charge is -2.07. The molecule has 1 N–H and O–H groups in total. The Bertz CT molecular complexity index is 908. The summed E-state index contributed by atoms with van der Waals surface area (Å²) in [4.78, 5) is 12.8. The molecular formula is C19H15F2NO2S. The molecule has 1 heterocycles. The summed E-state index contributed by atoms with van der Waals surface area (Å²) in [5.74, 6) is -0.889. The molecule has 0 atom stereocenters. The van der Waals surface area contributed by atoms with Gasteiger partial charge < -0.3 is 10.1 Å². The van der Waals surface area contributed by atoms with E-state index < -0.39 is 5.82 Å². The minimum Gasteiger partial charge on any atom is -0.486 e. The number of hydrogen-bond donors (Lipinski definition) is 1. The predicted octanol–water partition coefficient (Wildman–Crippen LogP) is 5.17. The van der Waals surface area contributed by atoms with Crippen LogP contribution in [0.1, 0.15) is 20.8 Å². The highest BCUT2D eigenvalue weighted by Crippen LogP contribution is 2.22. The van der Waals surface area contributed by atoms with Gasteiger partial charge in [0.25, 0.3) is 5.91 Å². The average molecular weight is 359 g/mol. The van der Waals surface area contributed by atoms with Gasteiger partial charge in [-0.2, -0.15) is 0 Å². The van der Waals surface area contributed by atoms with Crippen LogP contribution in [0.2, 0.25) is 0 Å². The first-order valence-electron chi connectivity index (χ1n) is 7.55.